The van der Waals surface area contributed by atoms with Gasteiger partial charge in [0.25, 0.3) is 0 Å². The van der Waals surface area contributed by atoms with Gasteiger partial charge in [0.1, 0.15) is 0 Å². The summed E-state index contributed by atoms with van der Waals surface area (Å²) in [4.78, 5) is 0. The van der Waals surface area contributed by atoms with E-state index in [1.807, 2.05) is 6.20 Å². The van der Waals surface area contributed by atoms with Gasteiger partial charge in [-0.2, -0.15) is 5.10 Å². The first-order chi connectivity index (χ1) is 6.79. The Kier molecular flexibility index (Phi) is 3.26. The largest absolute Gasteiger partial charge is 0.269 e. The first-order valence-electron chi connectivity index (χ1n) is 5.49. The third kappa shape index (κ3) is 2.19. The fraction of sp³-hybridized carbons (Fsp3) is 0.727. The number of halogens is 1. The minimum Gasteiger partial charge on any atom is -0.269 e. The van der Waals surface area contributed by atoms with Crippen LogP contribution >= 0.6 is 15.9 Å². The highest BCUT2D eigenvalue weighted by atomic mass is 79.9. The van der Waals surface area contributed by atoms with Crippen molar-refractivity contribution < 1.29 is 0 Å². The number of nitrogens with zero attached hydrogens (tertiary/aromatic N) is 2. The Bertz CT molecular complexity index is 287. The van der Waals surface area contributed by atoms with Crippen molar-refractivity contribution in [3.05, 3.63) is 16.9 Å². The molecule has 0 unspecified atom stereocenters. The fourth-order valence-electron chi connectivity index (χ4n) is 2.33. The van der Waals surface area contributed by atoms with Gasteiger partial charge in [0.05, 0.1) is 16.7 Å². The van der Waals surface area contributed by atoms with Gasteiger partial charge in [0.2, 0.25) is 0 Å². The maximum absolute atomic E-state index is 4.36. The SMILES string of the molecule is CCC1CCC(n2cc(Br)cn2)CC1. The molecule has 0 atom stereocenters. The molecule has 1 aromatic rings. The Morgan fingerprint density at radius 3 is 2.64 bits per heavy atom. The van der Waals surface area contributed by atoms with E-state index in [2.05, 4.69) is 38.8 Å². The monoisotopic (exact) mass is 256 g/mol. The van der Waals surface area contributed by atoms with E-state index in [1.165, 1.54) is 32.1 Å². The lowest BCUT2D eigenvalue weighted by molar-refractivity contribution is 0.256. The van der Waals surface area contributed by atoms with Crippen LogP contribution in [0.4, 0.5) is 0 Å². The molecule has 14 heavy (non-hydrogen) atoms. The van der Waals surface area contributed by atoms with Gasteiger partial charge in [-0.3, -0.25) is 4.68 Å². The summed E-state index contributed by atoms with van der Waals surface area (Å²) in [6.07, 6.45) is 10.7. The number of hydrogen-bond acceptors (Lipinski definition) is 1. The van der Waals surface area contributed by atoms with Crippen molar-refractivity contribution >= 4 is 15.9 Å². The van der Waals surface area contributed by atoms with E-state index in [0.717, 1.165) is 10.4 Å². The van der Waals surface area contributed by atoms with E-state index in [1.54, 1.807) is 0 Å². The summed E-state index contributed by atoms with van der Waals surface area (Å²) in [5.41, 5.74) is 0. The molecule has 0 radical (unpaired) electrons. The van der Waals surface area contributed by atoms with Crippen LogP contribution in [-0.2, 0) is 0 Å². The second-order valence-electron chi connectivity index (χ2n) is 4.22. The first-order valence-corrected chi connectivity index (χ1v) is 6.28. The van der Waals surface area contributed by atoms with Crippen LogP contribution in [0.1, 0.15) is 45.1 Å². The lowest BCUT2D eigenvalue weighted by Gasteiger charge is -2.27. The predicted octanol–water partition coefficient (Wildman–Crippen LogP) is 3.79. The van der Waals surface area contributed by atoms with Gasteiger partial charge in [-0.25, -0.2) is 0 Å². The maximum atomic E-state index is 4.36. The highest BCUT2D eigenvalue weighted by Gasteiger charge is 2.21. The van der Waals surface area contributed by atoms with Crippen LogP contribution in [0, 0.1) is 5.92 Å². The van der Waals surface area contributed by atoms with Crippen LogP contribution in [0.3, 0.4) is 0 Å². The molecule has 2 nitrogen and oxygen atoms in total. The zero-order chi connectivity index (χ0) is 9.97. The Morgan fingerprint density at radius 1 is 1.43 bits per heavy atom. The van der Waals surface area contributed by atoms with Crippen molar-refractivity contribution in [1.82, 2.24) is 9.78 Å². The van der Waals surface area contributed by atoms with E-state index in [4.69, 9.17) is 0 Å². The molecule has 0 spiro atoms. The second-order valence-corrected chi connectivity index (χ2v) is 5.14. The summed E-state index contributed by atoms with van der Waals surface area (Å²) < 4.78 is 3.21. The molecule has 0 amide bonds. The van der Waals surface area contributed by atoms with Crippen LogP contribution in [0.15, 0.2) is 16.9 Å². The predicted molar refractivity (Wildman–Crippen MR) is 61.2 cm³/mol. The van der Waals surface area contributed by atoms with Crippen molar-refractivity contribution in [1.29, 1.82) is 0 Å². The lowest BCUT2D eigenvalue weighted by atomic mass is 9.85. The first kappa shape index (κ1) is 10.2. The average molecular weight is 257 g/mol. The zero-order valence-corrected chi connectivity index (χ0v) is 10.2. The summed E-state index contributed by atoms with van der Waals surface area (Å²) in [5, 5.41) is 4.36. The highest BCUT2D eigenvalue weighted by Crippen LogP contribution is 2.33. The highest BCUT2D eigenvalue weighted by molar-refractivity contribution is 9.10. The van der Waals surface area contributed by atoms with Crippen LogP contribution in [-0.4, -0.2) is 9.78 Å². The molecule has 1 aromatic heterocycles. The number of rotatable bonds is 2. The van der Waals surface area contributed by atoms with E-state index in [0.29, 0.717) is 6.04 Å². The van der Waals surface area contributed by atoms with Crippen LogP contribution in [0.25, 0.3) is 0 Å². The van der Waals surface area contributed by atoms with Gasteiger partial charge in [0, 0.05) is 6.20 Å². The molecule has 1 heterocycles. The van der Waals surface area contributed by atoms with E-state index >= 15 is 0 Å². The van der Waals surface area contributed by atoms with Gasteiger partial charge in [-0.05, 0) is 47.5 Å². The number of hydrogen-bond donors (Lipinski definition) is 0. The lowest BCUT2D eigenvalue weighted by Crippen LogP contribution is -2.18. The average Bonchev–Trinajstić information content (AvgIpc) is 2.65. The van der Waals surface area contributed by atoms with Gasteiger partial charge in [-0.1, -0.05) is 13.3 Å². The Hall–Kier alpha value is -0.310. The molecule has 0 aliphatic heterocycles. The molecule has 0 saturated heterocycles. The van der Waals surface area contributed by atoms with Crippen molar-refractivity contribution in [3.8, 4) is 0 Å². The van der Waals surface area contributed by atoms with Crippen LogP contribution < -0.4 is 0 Å². The van der Waals surface area contributed by atoms with Crippen molar-refractivity contribution in [2.75, 3.05) is 0 Å². The topological polar surface area (TPSA) is 17.8 Å². The normalized spacial score (nSPS) is 27.9. The molecule has 3 heteroatoms. The zero-order valence-electron chi connectivity index (χ0n) is 8.62. The summed E-state index contributed by atoms with van der Waals surface area (Å²) in [5.74, 6) is 0.963. The second kappa shape index (κ2) is 4.47. The molecular weight excluding hydrogens is 240 g/mol. The van der Waals surface area contributed by atoms with Crippen molar-refractivity contribution in [2.45, 2.75) is 45.1 Å². The maximum Gasteiger partial charge on any atom is 0.0632 e. The third-order valence-corrected chi connectivity index (χ3v) is 3.75. The molecule has 2 rings (SSSR count). The molecule has 0 bridgehead atoms. The summed E-state index contributed by atoms with van der Waals surface area (Å²) in [6.45, 7) is 2.30. The molecule has 0 N–H and O–H groups in total. The molecule has 1 aliphatic rings. The van der Waals surface area contributed by atoms with Crippen molar-refractivity contribution in [2.24, 2.45) is 5.92 Å². The van der Waals surface area contributed by atoms with Crippen LogP contribution in [0.2, 0.25) is 0 Å². The molecule has 1 saturated carbocycles. The number of aromatic nitrogens is 2. The molecule has 1 aliphatic carbocycles. The quantitative estimate of drug-likeness (QED) is 0.788. The summed E-state index contributed by atoms with van der Waals surface area (Å²) >= 11 is 3.44. The van der Waals surface area contributed by atoms with Gasteiger partial charge >= 0.3 is 0 Å². The Balaban J connectivity index is 1.95. The summed E-state index contributed by atoms with van der Waals surface area (Å²) in [7, 11) is 0. The molecule has 1 fully saturated rings. The van der Waals surface area contributed by atoms with E-state index in [9.17, 15) is 0 Å². The standard InChI is InChI=1S/C11H17BrN2/c1-2-9-3-5-11(6-4-9)14-8-10(12)7-13-14/h7-9,11H,2-6H2,1H3. The van der Waals surface area contributed by atoms with Gasteiger partial charge in [0.15, 0.2) is 0 Å². The molecule has 78 valence electrons. The Morgan fingerprint density at radius 2 is 2.14 bits per heavy atom. The molecular formula is C11H17BrN2. The van der Waals surface area contributed by atoms with Crippen molar-refractivity contribution in [3.63, 3.8) is 0 Å². The minimum atomic E-state index is 0.643. The Labute approximate surface area is 93.8 Å². The van der Waals surface area contributed by atoms with Gasteiger partial charge < -0.3 is 0 Å². The van der Waals surface area contributed by atoms with E-state index < -0.39 is 0 Å². The smallest absolute Gasteiger partial charge is 0.0632 e. The third-order valence-electron chi connectivity index (χ3n) is 3.34. The minimum absolute atomic E-state index is 0.643. The molecule has 0 aromatic carbocycles. The van der Waals surface area contributed by atoms with Crippen LogP contribution in [0.5, 0.6) is 0 Å². The van der Waals surface area contributed by atoms with Gasteiger partial charge in [-0.15, -0.1) is 0 Å². The van der Waals surface area contributed by atoms with E-state index in [-0.39, 0.29) is 0 Å². The fourth-order valence-corrected chi connectivity index (χ4v) is 2.63. The summed E-state index contributed by atoms with van der Waals surface area (Å²) in [6, 6.07) is 0.643.